The number of carbonyl (C=O) groups is 1. The molecule has 3 aliphatic rings. The second kappa shape index (κ2) is 8.02. The Balaban J connectivity index is 1.68. The van der Waals surface area contributed by atoms with E-state index in [9.17, 15) is 14.9 Å². The van der Waals surface area contributed by atoms with E-state index in [1.54, 1.807) is 20.8 Å². The summed E-state index contributed by atoms with van der Waals surface area (Å²) < 4.78 is 17.5. The lowest BCUT2D eigenvalue weighted by Crippen LogP contribution is -2.39. The minimum atomic E-state index is -0.889. The zero-order chi connectivity index (χ0) is 22.6. The quantitative estimate of drug-likeness (QED) is 0.150. The Morgan fingerprint density at radius 1 is 1.39 bits per heavy atom. The van der Waals surface area contributed by atoms with Crippen molar-refractivity contribution in [1.82, 2.24) is 9.97 Å². The van der Waals surface area contributed by atoms with Crippen LogP contribution in [0.1, 0.15) is 40.5 Å². The second-order valence-corrected chi connectivity index (χ2v) is 9.78. The van der Waals surface area contributed by atoms with Crippen LogP contribution in [-0.4, -0.2) is 57.3 Å². The van der Waals surface area contributed by atoms with Gasteiger partial charge in [-0.05, 0) is 33.6 Å². The Bertz CT molecular complexity index is 918. The summed E-state index contributed by atoms with van der Waals surface area (Å²) >= 11 is 7.51. The minimum Gasteiger partial charge on any atom is -0.465 e. The lowest BCUT2D eigenvalue weighted by Gasteiger charge is -2.24. The van der Waals surface area contributed by atoms with Gasteiger partial charge in [-0.1, -0.05) is 30.3 Å². The van der Waals surface area contributed by atoms with Gasteiger partial charge in [0, 0.05) is 11.7 Å². The summed E-state index contributed by atoms with van der Waals surface area (Å²) in [4.78, 5) is 32.3. The fourth-order valence-electron chi connectivity index (χ4n) is 4.64. The number of anilines is 1. The molecule has 0 aromatic carbocycles. The van der Waals surface area contributed by atoms with Crippen LogP contribution in [0.5, 0.6) is 0 Å². The van der Waals surface area contributed by atoms with Crippen LogP contribution in [0.25, 0.3) is 0 Å². The third kappa shape index (κ3) is 3.75. The summed E-state index contributed by atoms with van der Waals surface area (Å²) in [5, 5.41) is 15.0. The molecule has 4 rings (SSSR count). The molecule has 12 heteroatoms. The van der Waals surface area contributed by atoms with E-state index in [0.717, 1.165) is 12.2 Å². The zero-order valence-electron chi connectivity index (χ0n) is 17.7. The maximum Gasteiger partial charge on any atom is 0.348 e. The minimum absolute atomic E-state index is 0.0206. The number of rotatable bonds is 8. The summed E-state index contributed by atoms with van der Waals surface area (Å²) in [7, 11) is 0. The highest BCUT2D eigenvalue weighted by molar-refractivity contribution is 7.99. The average Bonchev–Trinajstić information content (AvgIpc) is 3.27. The molecule has 0 bridgehead atoms. The van der Waals surface area contributed by atoms with Crippen molar-refractivity contribution in [3.05, 3.63) is 15.3 Å². The standard InChI is InChI=1S/C19H25ClN4O6S/c1-5-7-31-17-22-14(20)11(24(26)27)15(23-17)21-10-9-8-19(9,16(25)28-6-2)13-12(10)29-18(3,4)30-13/h9-10,12-13H,5-8H2,1-4H3,(H,21,22,23)/t9-,10-,12+,13+,19-/m1/s1. The Hall–Kier alpha value is -1.69. The highest BCUT2D eigenvalue weighted by Crippen LogP contribution is 2.68. The van der Waals surface area contributed by atoms with Crippen molar-refractivity contribution in [3.63, 3.8) is 0 Å². The lowest BCUT2D eigenvalue weighted by atomic mass is 9.99. The van der Waals surface area contributed by atoms with E-state index >= 15 is 0 Å². The first-order valence-corrected chi connectivity index (χ1v) is 11.6. The molecule has 0 spiro atoms. The predicted molar refractivity (Wildman–Crippen MR) is 113 cm³/mol. The monoisotopic (exact) mass is 472 g/mol. The smallest absolute Gasteiger partial charge is 0.348 e. The molecule has 1 saturated heterocycles. The highest BCUT2D eigenvalue weighted by atomic mass is 35.5. The average molecular weight is 473 g/mol. The number of carbonyl (C=O) groups excluding carboxylic acids is 1. The van der Waals surface area contributed by atoms with Gasteiger partial charge in [0.15, 0.2) is 10.9 Å². The Morgan fingerprint density at radius 2 is 2.13 bits per heavy atom. The Morgan fingerprint density at radius 3 is 2.77 bits per heavy atom. The largest absolute Gasteiger partial charge is 0.465 e. The molecule has 0 radical (unpaired) electrons. The van der Waals surface area contributed by atoms with E-state index in [0.29, 0.717) is 11.6 Å². The second-order valence-electron chi connectivity index (χ2n) is 8.36. The maximum atomic E-state index is 12.8. The fourth-order valence-corrected chi connectivity index (χ4v) is 5.63. The molecule has 2 aliphatic carbocycles. The van der Waals surface area contributed by atoms with Gasteiger partial charge in [0.1, 0.15) is 17.6 Å². The molecule has 1 aromatic heterocycles. The van der Waals surface area contributed by atoms with Crippen LogP contribution in [0.4, 0.5) is 11.5 Å². The van der Waals surface area contributed by atoms with Gasteiger partial charge >= 0.3 is 11.7 Å². The van der Waals surface area contributed by atoms with Crippen LogP contribution in [-0.2, 0) is 19.0 Å². The van der Waals surface area contributed by atoms with E-state index in [2.05, 4.69) is 15.3 Å². The fraction of sp³-hybridized carbons (Fsp3) is 0.737. The first-order valence-electron chi connectivity index (χ1n) is 10.3. The van der Waals surface area contributed by atoms with Gasteiger partial charge in [0.25, 0.3) is 0 Å². The van der Waals surface area contributed by atoms with Crippen molar-refractivity contribution in [2.24, 2.45) is 11.3 Å². The third-order valence-electron chi connectivity index (χ3n) is 5.88. The van der Waals surface area contributed by atoms with E-state index < -0.39 is 40.1 Å². The van der Waals surface area contributed by atoms with E-state index in [4.69, 9.17) is 25.8 Å². The predicted octanol–water partition coefficient (Wildman–Crippen LogP) is 3.42. The Labute approximate surface area is 188 Å². The third-order valence-corrected chi connectivity index (χ3v) is 7.20. The number of esters is 1. The van der Waals surface area contributed by atoms with Gasteiger partial charge in [-0.3, -0.25) is 14.9 Å². The van der Waals surface area contributed by atoms with Crippen molar-refractivity contribution in [3.8, 4) is 0 Å². The molecule has 10 nitrogen and oxygen atoms in total. The number of thioether (sulfide) groups is 1. The van der Waals surface area contributed by atoms with Crippen molar-refractivity contribution in [2.45, 2.75) is 69.7 Å². The molecule has 1 aliphatic heterocycles. The first kappa shape index (κ1) is 22.5. The number of nitrogens with zero attached hydrogens (tertiary/aromatic N) is 3. The molecule has 170 valence electrons. The highest BCUT2D eigenvalue weighted by Gasteiger charge is 2.80. The number of ether oxygens (including phenoxy) is 3. The number of nitrogens with one attached hydrogen (secondary N) is 1. The van der Waals surface area contributed by atoms with Crippen LogP contribution >= 0.6 is 23.4 Å². The lowest BCUT2D eigenvalue weighted by molar-refractivity contribution is -0.384. The molecule has 2 heterocycles. The number of hydrogen-bond acceptors (Lipinski definition) is 10. The molecular formula is C19H25ClN4O6S. The number of fused-ring (bicyclic) bond motifs is 3. The molecule has 1 aromatic rings. The van der Waals surface area contributed by atoms with Gasteiger partial charge in [-0.25, -0.2) is 4.98 Å². The van der Waals surface area contributed by atoms with Gasteiger partial charge in [-0.15, -0.1) is 0 Å². The van der Waals surface area contributed by atoms with Crippen molar-refractivity contribution in [1.29, 1.82) is 0 Å². The number of aromatic nitrogens is 2. The van der Waals surface area contributed by atoms with Gasteiger partial charge in [0.2, 0.25) is 11.0 Å². The van der Waals surface area contributed by atoms with E-state index in [1.165, 1.54) is 11.8 Å². The number of hydrogen-bond donors (Lipinski definition) is 1. The zero-order valence-corrected chi connectivity index (χ0v) is 19.3. The van der Waals surface area contributed by atoms with Crippen LogP contribution < -0.4 is 5.32 Å². The molecule has 0 unspecified atom stereocenters. The topological polar surface area (TPSA) is 126 Å². The molecule has 2 saturated carbocycles. The van der Waals surface area contributed by atoms with Crippen LogP contribution in [0.3, 0.4) is 0 Å². The maximum absolute atomic E-state index is 12.8. The molecule has 31 heavy (non-hydrogen) atoms. The van der Waals surface area contributed by atoms with Crippen molar-refractivity contribution < 1.29 is 23.9 Å². The first-order chi connectivity index (χ1) is 14.6. The van der Waals surface area contributed by atoms with Gasteiger partial charge < -0.3 is 19.5 Å². The molecular weight excluding hydrogens is 448 g/mol. The molecule has 3 fully saturated rings. The number of nitro groups is 1. The van der Waals surface area contributed by atoms with Crippen LogP contribution in [0.15, 0.2) is 5.16 Å². The molecule has 1 N–H and O–H groups in total. The van der Waals surface area contributed by atoms with Crippen molar-refractivity contribution >= 4 is 40.8 Å². The summed E-state index contributed by atoms with van der Waals surface area (Å²) in [6.45, 7) is 7.59. The Kier molecular flexibility index (Phi) is 5.82. The molecule has 0 amide bonds. The van der Waals surface area contributed by atoms with Crippen molar-refractivity contribution in [2.75, 3.05) is 17.7 Å². The summed E-state index contributed by atoms with van der Waals surface area (Å²) in [5.74, 6) is -0.596. The molecule has 5 atom stereocenters. The number of halogens is 1. The van der Waals surface area contributed by atoms with Gasteiger partial charge in [-0.2, -0.15) is 4.98 Å². The summed E-state index contributed by atoms with van der Waals surface area (Å²) in [5.41, 5.74) is -1.22. The summed E-state index contributed by atoms with van der Waals surface area (Å²) in [6.07, 6.45) is 0.448. The summed E-state index contributed by atoms with van der Waals surface area (Å²) in [6, 6.07) is -0.426. The van der Waals surface area contributed by atoms with E-state index in [1.807, 2.05) is 6.92 Å². The van der Waals surface area contributed by atoms with Gasteiger partial charge in [0.05, 0.1) is 17.6 Å². The normalized spacial score (nSPS) is 32.3. The SMILES string of the molecule is CCCSc1nc(Cl)c([N+](=O)[O-])c(N[C@H]2[C@@H]3OC(C)(C)O[C@@H]3[C@@]3(C(=O)OCC)C[C@H]23)n1. The van der Waals surface area contributed by atoms with Crippen LogP contribution in [0.2, 0.25) is 5.15 Å². The van der Waals surface area contributed by atoms with Crippen LogP contribution in [0, 0.1) is 21.4 Å². The van der Waals surface area contributed by atoms with E-state index in [-0.39, 0.29) is 29.5 Å².